The van der Waals surface area contributed by atoms with Crippen LogP contribution < -0.4 is 5.48 Å². The van der Waals surface area contributed by atoms with Gasteiger partial charge in [0.2, 0.25) is 0 Å². The first kappa shape index (κ1) is 8.19. The van der Waals surface area contributed by atoms with Crippen LogP contribution in [0.2, 0.25) is 0 Å². The summed E-state index contributed by atoms with van der Waals surface area (Å²) >= 11 is 3.41. The second-order valence-corrected chi connectivity index (χ2v) is 2.01. The molecule has 1 heterocycles. The van der Waals surface area contributed by atoms with E-state index in [0.29, 0.717) is 5.69 Å². The zero-order valence-electron chi connectivity index (χ0n) is 5.60. The highest BCUT2D eigenvalue weighted by Gasteiger charge is 2.09. The summed E-state index contributed by atoms with van der Waals surface area (Å²) in [4.78, 5) is 14.8. The third-order valence-corrected chi connectivity index (χ3v) is 1.18. The van der Waals surface area contributed by atoms with E-state index in [1.807, 2.05) is 0 Å². The fourth-order valence-electron chi connectivity index (χ4n) is 0.617. The first-order valence-corrected chi connectivity index (χ1v) is 3.30. The monoisotopic (exact) mass is 171 g/mol. The van der Waals surface area contributed by atoms with Gasteiger partial charge in [0.1, 0.15) is 0 Å². The highest BCUT2D eigenvalue weighted by Crippen LogP contribution is 1.88. The molecule has 0 radical (unpaired) electrons. The average molecular weight is 171 g/mol. The molecule has 1 amide bonds. The van der Waals surface area contributed by atoms with E-state index in [9.17, 15) is 4.79 Å². The van der Waals surface area contributed by atoms with Crippen LogP contribution >= 0.6 is 12.9 Å². The van der Waals surface area contributed by atoms with Crippen LogP contribution in [-0.4, -0.2) is 10.9 Å². The standard InChI is InChI=1S/C6H6N2O2S/c9-6(8-10-11)5-3-1-2-4-7-5/h1-4,11H,(H,8,9)/p+1. The Morgan fingerprint density at radius 3 is 3.00 bits per heavy atom. The molecule has 4 nitrogen and oxygen atoms in total. The lowest BCUT2D eigenvalue weighted by molar-refractivity contribution is -0.774. The van der Waals surface area contributed by atoms with Gasteiger partial charge in [0, 0.05) is 19.1 Å². The van der Waals surface area contributed by atoms with E-state index in [2.05, 4.69) is 22.2 Å². The smallest absolute Gasteiger partial charge is 0.247 e. The molecule has 0 bridgehead atoms. The van der Waals surface area contributed by atoms with Crippen molar-refractivity contribution in [3.63, 3.8) is 0 Å². The van der Waals surface area contributed by atoms with Crippen LogP contribution in [0.4, 0.5) is 0 Å². The van der Waals surface area contributed by atoms with Crippen LogP contribution in [0, 0.1) is 0 Å². The van der Waals surface area contributed by atoms with Crippen molar-refractivity contribution in [1.82, 2.24) is 4.98 Å². The largest absolute Gasteiger partial charge is 0.394 e. The number of thiol groups is 1. The van der Waals surface area contributed by atoms with Crippen molar-refractivity contribution in [1.29, 1.82) is 0 Å². The summed E-state index contributed by atoms with van der Waals surface area (Å²) in [6, 6.07) is 5.07. The predicted octanol–water partition coefficient (Wildman–Crippen LogP) is -0.438. The molecule has 11 heavy (non-hydrogen) atoms. The van der Waals surface area contributed by atoms with Gasteiger partial charge in [0.05, 0.1) is 0 Å². The first-order chi connectivity index (χ1) is 5.34. The molecule has 0 spiro atoms. The number of amides is 1. The van der Waals surface area contributed by atoms with Gasteiger partial charge in [-0.05, 0) is 12.1 Å². The quantitative estimate of drug-likeness (QED) is 0.360. The Labute approximate surface area is 69.2 Å². The molecule has 0 aliphatic carbocycles. The molecular weight excluding hydrogens is 164 g/mol. The van der Waals surface area contributed by atoms with E-state index < -0.39 is 0 Å². The number of hydroxylamine groups is 1. The van der Waals surface area contributed by atoms with Crippen LogP contribution in [0.25, 0.3) is 0 Å². The van der Waals surface area contributed by atoms with E-state index >= 15 is 0 Å². The number of carbonyl (C=O) groups excluding carboxylic acids is 1. The molecule has 58 valence electrons. The van der Waals surface area contributed by atoms with Gasteiger partial charge in [-0.25, -0.2) is 9.78 Å². The minimum absolute atomic E-state index is 0.291. The van der Waals surface area contributed by atoms with Crippen molar-refractivity contribution in [2.45, 2.75) is 0 Å². The molecule has 0 unspecified atom stereocenters. The third kappa shape index (κ3) is 2.30. The van der Waals surface area contributed by atoms with Gasteiger partial charge >= 0.3 is 5.91 Å². The maximum Gasteiger partial charge on any atom is 0.394 e. The molecular formula is C6H7N2O2S+. The molecule has 0 saturated heterocycles. The van der Waals surface area contributed by atoms with E-state index in [0.717, 1.165) is 5.48 Å². The molecule has 5 heteroatoms. The van der Waals surface area contributed by atoms with Gasteiger partial charge in [-0.2, -0.15) is 0 Å². The molecule has 2 N–H and O–H groups in total. The van der Waals surface area contributed by atoms with E-state index in [1.54, 1.807) is 24.4 Å². The number of rotatable bonds is 2. The Morgan fingerprint density at radius 1 is 1.64 bits per heavy atom. The first-order valence-electron chi connectivity index (χ1n) is 2.93. The number of quaternary nitrogens is 1. The summed E-state index contributed by atoms with van der Waals surface area (Å²) in [6.45, 7) is 0. The van der Waals surface area contributed by atoms with E-state index in [-0.39, 0.29) is 5.91 Å². The Bertz CT molecular complexity index is 240. The van der Waals surface area contributed by atoms with E-state index in [4.69, 9.17) is 0 Å². The Morgan fingerprint density at radius 2 is 2.45 bits per heavy atom. The maximum absolute atomic E-state index is 11.0. The summed E-state index contributed by atoms with van der Waals surface area (Å²) in [5.41, 5.74) is 1.34. The summed E-state index contributed by atoms with van der Waals surface area (Å²) in [5, 5.41) is 0. The molecule has 1 rings (SSSR count). The van der Waals surface area contributed by atoms with E-state index in [1.165, 1.54) is 0 Å². The predicted molar refractivity (Wildman–Crippen MR) is 40.6 cm³/mol. The maximum atomic E-state index is 11.0. The third-order valence-electron chi connectivity index (χ3n) is 1.08. The number of hydrogen-bond acceptors (Lipinski definition) is 4. The molecule has 1 aromatic rings. The van der Waals surface area contributed by atoms with Crippen molar-refractivity contribution < 1.29 is 14.6 Å². The van der Waals surface area contributed by atoms with Gasteiger partial charge in [-0.1, -0.05) is 6.07 Å². The zero-order chi connectivity index (χ0) is 8.10. The lowest BCUT2D eigenvalue weighted by atomic mass is 10.3. The summed E-state index contributed by atoms with van der Waals surface area (Å²) in [6.07, 6.45) is 1.54. The number of nitrogens with two attached hydrogens (primary N) is 1. The number of carbonyl (C=O) groups is 1. The molecule has 0 aliphatic heterocycles. The van der Waals surface area contributed by atoms with Crippen LogP contribution in [0.5, 0.6) is 0 Å². The molecule has 1 aromatic heterocycles. The minimum Gasteiger partial charge on any atom is -0.247 e. The van der Waals surface area contributed by atoms with Crippen molar-refractivity contribution in [2.24, 2.45) is 0 Å². The van der Waals surface area contributed by atoms with Gasteiger partial charge in [0.25, 0.3) is 0 Å². The van der Waals surface area contributed by atoms with Crippen molar-refractivity contribution in [3.05, 3.63) is 30.1 Å². The fraction of sp³-hybridized carbons (Fsp3) is 0. The normalized spacial score (nSPS) is 9.55. The summed E-state index contributed by atoms with van der Waals surface area (Å²) in [7, 11) is 0. The van der Waals surface area contributed by atoms with Crippen LogP contribution in [0.3, 0.4) is 0 Å². The fourth-order valence-corrected chi connectivity index (χ4v) is 0.712. The molecule has 0 aromatic carbocycles. The minimum atomic E-state index is -0.291. The highest BCUT2D eigenvalue weighted by molar-refractivity contribution is 7.74. The number of hydrogen-bond donors (Lipinski definition) is 2. The van der Waals surface area contributed by atoms with Gasteiger partial charge < -0.3 is 0 Å². The van der Waals surface area contributed by atoms with Gasteiger partial charge in [-0.15, -0.1) is 9.76 Å². The molecule has 0 atom stereocenters. The summed E-state index contributed by atoms with van der Waals surface area (Å²) < 4.78 is 4.24. The molecule has 0 fully saturated rings. The van der Waals surface area contributed by atoms with Gasteiger partial charge in [-0.3, -0.25) is 0 Å². The second kappa shape index (κ2) is 4.07. The van der Waals surface area contributed by atoms with Gasteiger partial charge in [0.15, 0.2) is 5.69 Å². The van der Waals surface area contributed by atoms with Crippen LogP contribution in [-0.2, 0) is 4.28 Å². The highest BCUT2D eigenvalue weighted by atomic mass is 32.1. The topological polar surface area (TPSA) is 55.8 Å². The lowest BCUT2D eigenvalue weighted by Crippen LogP contribution is -2.85. The zero-order valence-corrected chi connectivity index (χ0v) is 6.49. The number of aromatic nitrogens is 1. The van der Waals surface area contributed by atoms with Crippen molar-refractivity contribution >= 4 is 18.8 Å². The Balaban J connectivity index is 2.69. The SMILES string of the molecule is O=C([NH2+]OS)c1ccccn1. The van der Waals surface area contributed by atoms with Crippen LogP contribution in [0.1, 0.15) is 10.5 Å². The number of nitrogens with zero attached hydrogens (tertiary/aromatic N) is 1. The van der Waals surface area contributed by atoms with Crippen LogP contribution in [0.15, 0.2) is 24.4 Å². The summed E-state index contributed by atoms with van der Waals surface area (Å²) in [5.74, 6) is -0.291. The average Bonchev–Trinajstić information content (AvgIpc) is 2.07. The Hall–Kier alpha value is -0.910. The molecule has 0 aliphatic rings. The molecule has 0 saturated carbocycles. The second-order valence-electron chi connectivity index (χ2n) is 1.80. The van der Waals surface area contributed by atoms with Crippen molar-refractivity contribution in [2.75, 3.05) is 0 Å². The number of pyridine rings is 1. The number of primary amides is 1. The van der Waals surface area contributed by atoms with Crippen molar-refractivity contribution in [3.8, 4) is 0 Å². The lowest BCUT2D eigenvalue weighted by Gasteiger charge is -1.91. The Kier molecular flexibility index (Phi) is 3.03.